The average molecular weight is 291 g/mol. The smallest absolute Gasteiger partial charge is 0.263 e. The summed E-state index contributed by atoms with van der Waals surface area (Å²) in [6.45, 7) is 4.13. The maximum atomic E-state index is 12.3. The number of hydrogen-bond acceptors (Lipinski definition) is 5. The zero-order valence-corrected chi connectivity index (χ0v) is 12.1. The van der Waals surface area contributed by atoms with Gasteiger partial charge in [0.2, 0.25) is 0 Å². The molecule has 0 saturated carbocycles. The highest BCUT2D eigenvalue weighted by molar-refractivity contribution is 7.21. The van der Waals surface area contributed by atoms with E-state index in [2.05, 4.69) is 10.3 Å². The minimum Gasteiger partial charge on any atom is -0.397 e. The second-order valence-electron chi connectivity index (χ2n) is 5.09. The third-order valence-corrected chi connectivity index (χ3v) is 4.73. The third-order valence-electron chi connectivity index (χ3n) is 3.62. The number of hydrogen-bond donors (Lipinski definition) is 2. The molecule has 3 N–H and O–H groups in total. The number of nitrogens with zero attached hydrogens (tertiary/aromatic N) is 1. The third kappa shape index (κ3) is 2.36. The fourth-order valence-corrected chi connectivity index (χ4v) is 3.49. The van der Waals surface area contributed by atoms with Crippen LogP contribution in [-0.2, 0) is 4.74 Å². The van der Waals surface area contributed by atoms with Gasteiger partial charge in [0.1, 0.15) is 9.71 Å². The molecule has 2 aromatic rings. The number of aryl methyl sites for hydroxylation is 1. The quantitative estimate of drug-likeness (QED) is 0.906. The zero-order chi connectivity index (χ0) is 14.1. The number of amides is 1. The molecule has 106 valence electrons. The predicted octanol–water partition coefficient (Wildman–Crippen LogP) is 1.95. The molecule has 0 radical (unpaired) electrons. The van der Waals surface area contributed by atoms with Gasteiger partial charge in [-0.05, 0) is 25.0 Å². The van der Waals surface area contributed by atoms with Crippen molar-refractivity contribution in [2.75, 3.05) is 25.5 Å². The van der Waals surface area contributed by atoms with E-state index in [1.807, 2.05) is 13.0 Å². The van der Waals surface area contributed by atoms with Crippen LogP contribution in [0.25, 0.3) is 10.2 Å². The number of ether oxygens (including phenoxy) is 1. The molecule has 0 bridgehead atoms. The van der Waals surface area contributed by atoms with Gasteiger partial charge in [-0.2, -0.15) is 0 Å². The topological polar surface area (TPSA) is 77.2 Å². The molecule has 3 rings (SSSR count). The van der Waals surface area contributed by atoms with Crippen LogP contribution in [0.2, 0.25) is 0 Å². The summed E-state index contributed by atoms with van der Waals surface area (Å²) >= 11 is 1.35. The first-order chi connectivity index (χ1) is 9.66. The number of fused-ring (bicyclic) bond motifs is 1. The van der Waals surface area contributed by atoms with Crippen molar-refractivity contribution in [3.05, 3.63) is 22.7 Å². The van der Waals surface area contributed by atoms with Crippen molar-refractivity contribution in [3.8, 4) is 0 Å². The number of carbonyl (C=O) groups excluding carboxylic acids is 1. The summed E-state index contributed by atoms with van der Waals surface area (Å²) in [5.41, 5.74) is 7.70. The molecule has 1 saturated heterocycles. The Morgan fingerprint density at radius 1 is 1.65 bits per heavy atom. The summed E-state index contributed by atoms with van der Waals surface area (Å²) in [4.78, 5) is 17.9. The second-order valence-corrected chi connectivity index (χ2v) is 6.09. The Balaban J connectivity index is 1.80. The molecule has 0 aromatic carbocycles. The molecule has 1 aliphatic heterocycles. The number of carbonyl (C=O) groups is 1. The van der Waals surface area contributed by atoms with Crippen LogP contribution in [0.5, 0.6) is 0 Å². The lowest BCUT2D eigenvalue weighted by molar-refractivity contribution is 0.0950. The monoisotopic (exact) mass is 291 g/mol. The zero-order valence-electron chi connectivity index (χ0n) is 11.3. The van der Waals surface area contributed by atoms with Gasteiger partial charge in [0.25, 0.3) is 5.91 Å². The van der Waals surface area contributed by atoms with E-state index in [9.17, 15) is 4.79 Å². The van der Waals surface area contributed by atoms with Crippen molar-refractivity contribution in [1.82, 2.24) is 10.3 Å². The van der Waals surface area contributed by atoms with Crippen molar-refractivity contribution in [2.24, 2.45) is 5.92 Å². The van der Waals surface area contributed by atoms with E-state index in [0.29, 0.717) is 23.0 Å². The molecule has 1 aliphatic rings. The Morgan fingerprint density at radius 3 is 3.20 bits per heavy atom. The number of rotatable bonds is 3. The highest BCUT2D eigenvalue weighted by Crippen LogP contribution is 2.34. The molecule has 0 spiro atoms. The Morgan fingerprint density at radius 2 is 2.50 bits per heavy atom. The molecule has 1 amide bonds. The normalized spacial score (nSPS) is 18.6. The molecule has 2 aromatic heterocycles. The molecular formula is C14H17N3O2S. The number of nitrogen functional groups attached to an aromatic ring is 1. The standard InChI is InChI=1S/C14H17N3O2S/c1-8-2-4-16-14-10(8)11(15)12(20-14)13(18)17-6-9-3-5-19-7-9/h2,4,9H,3,5-7,15H2,1H3,(H,17,18). The molecular weight excluding hydrogens is 274 g/mol. The number of aromatic nitrogens is 1. The summed E-state index contributed by atoms with van der Waals surface area (Å²) < 4.78 is 5.30. The first-order valence-electron chi connectivity index (χ1n) is 6.66. The molecule has 1 atom stereocenters. The number of nitrogens with two attached hydrogens (primary N) is 1. The van der Waals surface area contributed by atoms with Crippen LogP contribution in [0.1, 0.15) is 21.7 Å². The molecule has 1 fully saturated rings. The van der Waals surface area contributed by atoms with Crippen LogP contribution in [0, 0.1) is 12.8 Å². The van der Waals surface area contributed by atoms with E-state index in [0.717, 1.165) is 35.4 Å². The maximum Gasteiger partial charge on any atom is 0.263 e. The Labute approximate surface area is 121 Å². The predicted molar refractivity (Wildman–Crippen MR) is 80.0 cm³/mol. The average Bonchev–Trinajstić information content (AvgIpc) is 3.05. The second kappa shape index (κ2) is 5.38. The van der Waals surface area contributed by atoms with Gasteiger partial charge in [0.15, 0.2) is 0 Å². The van der Waals surface area contributed by atoms with E-state index in [1.54, 1.807) is 6.20 Å². The van der Waals surface area contributed by atoms with Crippen molar-refractivity contribution in [1.29, 1.82) is 0 Å². The SMILES string of the molecule is Cc1ccnc2sc(C(=O)NCC3CCOC3)c(N)c12. The van der Waals surface area contributed by atoms with Gasteiger partial charge in [-0.1, -0.05) is 0 Å². The van der Waals surface area contributed by atoms with Gasteiger partial charge in [-0.3, -0.25) is 4.79 Å². The maximum absolute atomic E-state index is 12.3. The largest absolute Gasteiger partial charge is 0.397 e. The van der Waals surface area contributed by atoms with Crippen LogP contribution in [0.15, 0.2) is 12.3 Å². The minimum atomic E-state index is -0.114. The van der Waals surface area contributed by atoms with E-state index >= 15 is 0 Å². The van der Waals surface area contributed by atoms with Crippen molar-refractivity contribution in [2.45, 2.75) is 13.3 Å². The highest BCUT2D eigenvalue weighted by Gasteiger charge is 2.20. The Bertz CT molecular complexity index is 647. The van der Waals surface area contributed by atoms with Gasteiger partial charge in [-0.25, -0.2) is 4.98 Å². The molecule has 5 nitrogen and oxygen atoms in total. The lowest BCUT2D eigenvalue weighted by atomic mass is 10.1. The van der Waals surface area contributed by atoms with E-state index in [4.69, 9.17) is 10.5 Å². The van der Waals surface area contributed by atoms with Crippen LogP contribution in [0.4, 0.5) is 5.69 Å². The van der Waals surface area contributed by atoms with Crippen molar-refractivity contribution >= 4 is 33.1 Å². The van der Waals surface area contributed by atoms with Gasteiger partial charge in [-0.15, -0.1) is 11.3 Å². The van der Waals surface area contributed by atoms with Gasteiger partial charge >= 0.3 is 0 Å². The van der Waals surface area contributed by atoms with Crippen LogP contribution >= 0.6 is 11.3 Å². The summed E-state index contributed by atoms with van der Waals surface area (Å²) in [6, 6.07) is 1.91. The number of anilines is 1. The first-order valence-corrected chi connectivity index (χ1v) is 7.48. The Hall–Kier alpha value is -1.66. The van der Waals surface area contributed by atoms with Crippen molar-refractivity contribution in [3.63, 3.8) is 0 Å². The number of nitrogens with one attached hydrogen (secondary N) is 1. The lowest BCUT2D eigenvalue weighted by Crippen LogP contribution is -2.29. The fourth-order valence-electron chi connectivity index (χ4n) is 2.43. The number of thiophene rings is 1. The number of pyridine rings is 1. The van der Waals surface area contributed by atoms with Crippen LogP contribution in [-0.4, -0.2) is 30.6 Å². The fraction of sp³-hybridized carbons (Fsp3) is 0.429. The molecule has 20 heavy (non-hydrogen) atoms. The van der Waals surface area contributed by atoms with Gasteiger partial charge in [0.05, 0.1) is 12.3 Å². The molecule has 0 aliphatic carbocycles. The first kappa shape index (κ1) is 13.3. The summed E-state index contributed by atoms with van der Waals surface area (Å²) in [5.74, 6) is 0.297. The van der Waals surface area contributed by atoms with Crippen LogP contribution < -0.4 is 11.1 Å². The Kier molecular flexibility index (Phi) is 3.58. The van der Waals surface area contributed by atoms with E-state index < -0.39 is 0 Å². The summed E-state index contributed by atoms with van der Waals surface area (Å²) in [5, 5.41) is 3.84. The van der Waals surface area contributed by atoms with Crippen molar-refractivity contribution < 1.29 is 9.53 Å². The van der Waals surface area contributed by atoms with Gasteiger partial charge < -0.3 is 15.8 Å². The van der Waals surface area contributed by atoms with E-state index in [-0.39, 0.29) is 5.91 Å². The van der Waals surface area contributed by atoms with Gasteiger partial charge in [0, 0.05) is 30.7 Å². The van der Waals surface area contributed by atoms with Crippen LogP contribution in [0.3, 0.4) is 0 Å². The molecule has 1 unspecified atom stereocenters. The lowest BCUT2D eigenvalue weighted by Gasteiger charge is -2.08. The van der Waals surface area contributed by atoms with E-state index in [1.165, 1.54) is 11.3 Å². The molecule has 3 heterocycles. The highest BCUT2D eigenvalue weighted by atomic mass is 32.1. The summed E-state index contributed by atoms with van der Waals surface area (Å²) in [7, 11) is 0. The summed E-state index contributed by atoms with van der Waals surface area (Å²) in [6.07, 6.45) is 2.74. The molecule has 6 heteroatoms. The minimum absolute atomic E-state index is 0.114.